The predicted molar refractivity (Wildman–Crippen MR) is 120 cm³/mol. The van der Waals surface area contributed by atoms with Crippen LogP contribution in [0, 0.1) is 11.6 Å². The molecule has 1 saturated heterocycles. The number of carbonyl (C=O) groups is 1. The number of nitrogens with zero attached hydrogens (tertiary/aromatic N) is 2. The van der Waals surface area contributed by atoms with Gasteiger partial charge in [0.05, 0.1) is 18.4 Å². The van der Waals surface area contributed by atoms with Crippen molar-refractivity contribution in [3.05, 3.63) is 101 Å². The van der Waals surface area contributed by atoms with Gasteiger partial charge in [0.25, 0.3) is 0 Å². The largest absolute Gasteiger partial charge is 0.461 e. The molecule has 33 heavy (non-hydrogen) atoms. The lowest BCUT2D eigenvalue weighted by molar-refractivity contribution is 0.0137. The molecule has 0 spiro atoms. The first-order valence-electron chi connectivity index (χ1n) is 11.0. The monoisotopic (exact) mass is 452 g/mol. The first-order chi connectivity index (χ1) is 16.0. The van der Waals surface area contributed by atoms with E-state index in [0.29, 0.717) is 25.4 Å². The molecule has 3 aromatic rings. The zero-order valence-electron chi connectivity index (χ0n) is 18.4. The van der Waals surface area contributed by atoms with Gasteiger partial charge in [-0.25, -0.2) is 18.6 Å². The lowest BCUT2D eigenvalue weighted by Gasteiger charge is -2.24. The highest BCUT2D eigenvalue weighted by molar-refractivity contribution is 5.87. The normalized spacial score (nSPS) is 16.3. The summed E-state index contributed by atoms with van der Waals surface area (Å²) in [6.45, 7) is 4.15. The first kappa shape index (κ1) is 23.0. The van der Waals surface area contributed by atoms with Crippen LogP contribution in [-0.4, -0.2) is 41.7 Å². The molecule has 7 heteroatoms. The molecule has 0 unspecified atom stereocenters. The molecule has 172 valence electrons. The fraction of sp³-hybridized carbons (Fsp3) is 0.308. The minimum Gasteiger partial charge on any atom is -0.461 e. The number of benzene rings is 2. The number of aromatic nitrogens is 1. The number of hydrogen-bond donors (Lipinski definition) is 0. The van der Waals surface area contributed by atoms with Crippen molar-refractivity contribution < 1.29 is 23.0 Å². The van der Waals surface area contributed by atoms with E-state index in [0.717, 1.165) is 29.8 Å². The van der Waals surface area contributed by atoms with Crippen LogP contribution >= 0.6 is 0 Å². The standard InChI is InChI=1S/C26H26F2N2O3/c1-2-32-26(31)24-5-3-4-22(29-24)16-30-15-14-23(17-30)33-25(18-6-10-20(27)11-7-18)19-8-12-21(28)13-9-19/h3-13,23,25H,2,14-17H2,1H3/t23-/m1/s1. The maximum atomic E-state index is 13.5. The third-order valence-electron chi connectivity index (χ3n) is 5.58. The smallest absolute Gasteiger partial charge is 0.356 e. The first-order valence-corrected chi connectivity index (χ1v) is 11.0. The van der Waals surface area contributed by atoms with E-state index >= 15 is 0 Å². The molecule has 1 aromatic heterocycles. The average Bonchev–Trinajstić information content (AvgIpc) is 3.26. The van der Waals surface area contributed by atoms with Gasteiger partial charge in [-0.15, -0.1) is 0 Å². The van der Waals surface area contributed by atoms with Gasteiger partial charge in [-0.1, -0.05) is 30.3 Å². The number of rotatable bonds is 8. The molecule has 2 heterocycles. The van der Waals surface area contributed by atoms with Crippen molar-refractivity contribution in [1.82, 2.24) is 9.88 Å². The summed E-state index contributed by atoms with van der Waals surface area (Å²) in [5.74, 6) is -1.06. The molecule has 0 radical (unpaired) electrons. The van der Waals surface area contributed by atoms with Crippen molar-refractivity contribution in [2.75, 3.05) is 19.7 Å². The molecular formula is C26H26F2N2O3. The quantitative estimate of drug-likeness (QED) is 0.454. The number of hydrogen-bond acceptors (Lipinski definition) is 5. The van der Waals surface area contributed by atoms with Crippen LogP contribution in [0.15, 0.2) is 66.7 Å². The van der Waals surface area contributed by atoms with E-state index in [2.05, 4.69) is 9.88 Å². The van der Waals surface area contributed by atoms with Crippen LogP contribution in [0.4, 0.5) is 8.78 Å². The van der Waals surface area contributed by atoms with Gasteiger partial charge in [-0.05, 0) is 60.9 Å². The maximum absolute atomic E-state index is 13.5. The van der Waals surface area contributed by atoms with Crippen LogP contribution < -0.4 is 0 Å². The van der Waals surface area contributed by atoms with Crippen LogP contribution in [0.5, 0.6) is 0 Å². The molecule has 0 aliphatic carbocycles. The van der Waals surface area contributed by atoms with Gasteiger partial charge in [-0.3, -0.25) is 4.90 Å². The van der Waals surface area contributed by atoms with E-state index in [4.69, 9.17) is 9.47 Å². The second-order valence-corrected chi connectivity index (χ2v) is 8.00. The van der Waals surface area contributed by atoms with Crippen LogP contribution in [-0.2, 0) is 16.0 Å². The molecule has 1 aliphatic rings. The number of carbonyl (C=O) groups excluding carboxylic acids is 1. The third-order valence-corrected chi connectivity index (χ3v) is 5.58. The lowest BCUT2D eigenvalue weighted by Crippen LogP contribution is -2.25. The topological polar surface area (TPSA) is 51.7 Å². The Balaban J connectivity index is 1.44. The summed E-state index contributed by atoms with van der Waals surface area (Å²) in [5.41, 5.74) is 2.71. The molecule has 0 saturated carbocycles. The predicted octanol–water partition coefficient (Wildman–Crippen LogP) is 4.92. The zero-order chi connectivity index (χ0) is 23.2. The van der Waals surface area contributed by atoms with Crippen molar-refractivity contribution in [2.45, 2.75) is 32.1 Å². The van der Waals surface area contributed by atoms with Gasteiger partial charge in [0.15, 0.2) is 0 Å². The van der Waals surface area contributed by atoms with Crippen molar-refractivity contribution in [1.29, 1.82) is 0 Å². The van der Waals surface area contributed by atoms with E-state index in [-0.39, 0.29) is 17.7 Å². The SMILES string of the molecule is CCOC(=O)c1cccc(CN2CC[C@@H](OC(c3ccc(F)cc3)c3ccc(F)cc3)C2)n1. The average molecular weight is 453 g/mol. The van der Waals surface area contributed by atoms with Crippen LogP contribution in [0.1, 0.15) is 46.8 Å². The Kier molecular flexibility index (Phi) is 7.42. The molecular weight excluding hydrogens is 426 g/mol. The Morgan fingerprint density at radius 3 is 2.27 bits per heavy atom. The summed E-state index contributed by atoms with van der Waals surface area (Å²) < 4.78 is 38.4. The fourth-order valence-electron chi connectivity index (χ4n) is 3.98. The summed E-state index contributed by atoms with van der Waals surface area (Å²) in [4.78, 5) is 18.6. The van der Waals surface area contributed by atoms with E-state index < -0.39 is 12.1 Å². The van der Waals surface area contributed by atoms with Gasteiger partial charge >= 0.3 is 5.97 Å². The van der Waals surface area contributed by atoms with Gasteiger partial charge < -0.3 is 9.47 Å². The Morgan fingerprint density at radius 2 is 1.67 bits per heavy atom. The summed E-state index contributed by atoms with van der Waals surface area (Å²) in [6, 6.07) is 17.7. The third kappa shape index (κ3) is 6.00. The number of pyridine rings is 1. The summed E-state index contributed by atoms with van der Waals surface area (Å²) in [7, 11) is 0. The van der Waals surface area contributed by atoms with Crippen molar-refractivity contribution in [2.24, 2.45) is 0 Å². The van der Waals surface area contributed by atoms with Gasteiger partial charge in [0.2, 0.25) is 0 Å². The molecule has 2 aromatic carbocycles. The minimum absolute atomic E-state index is 0.0571. The molecule has 1 atom stereocenters. The highest BCUT2D eigenvalue weighted by Crippen LogP contribution is 2.30. The summed E-state index contributed by atoms with van der Waals surface area (Å²) >= 11 is 0. The number of ether oxygens (including phenoxy) is 2. The highest BCUT2D eigenvalue weighted by Gasteiger charge is 2.28. The minimum atomic E-state index is -0.429. The molecule has 0 amide bonds. The van der Waals surface area contributed by atoms with Gasteiger partial charge in [0.1, 0.15) is 23.4 Å². The Bertz CT molecular complexity index is 1030. The van der Waals surface area contributed by atoms with E-state index in [9.17, 15) is 13.6 Å². The highest BCUT2D eigenvalue weighted by atomic mass is 19.1. The van der Waals surface area contributed by atoms with Crippen LogP contribution in [0.2, 0.25) is 0 Å². The van der Waals surface area contributed by atoms with E-state index in [1.165, 1.54) is 24.3 Å². The molecule has 1 aliphatic heterocycles. The second kappa shape index (κ2) is 10.6. The molecule has 4 rings (SSSR count). The van der Waals surface area contributed by atoms with Crippen LogP contribution in [0.25, 0.3) is 0 Å². The molecule has 0 bridgehead atoms. The molecule has 5 nitrogen and oxygen atoms in total. The van der Waals surface area contributed by atoms with Crippen molar-refractivity contribution in [3.8, 4) is 0 Å². The molecule has 1 fully saturated rings. The van der Waals surface area contributed by atoms with Crippen molar-refractivity contribution >= 4 is 5.97 Å². The van der Waals surface area contributed by atoms with Crippen molar-refractivity contribution in [3.63, 3.8) is 0 Å². The number of halogens is 2. The zero-order valence-corrected chi connectivity index (χ0v) is 18.4. The Morgan fingerprint density at radius 1 is 1.03 bits per heavy atom. The Labute approximate surface area is 192 Å². The van der Waals surface area contributed by atoms with Gasteiger partial charge in [0, 0.05) is 19.6 Å². The number of likely N-dealkylation sites (tertiary alicyclic amines) is 1. The van der Waals surface area contributed by atoms with Crippen LogP contribution in [0.3, 0.4) is 0 Å². The Hall–Kier alpha value is -3.16. The fourth-order valence-corrected chi connectivity index (χ4v) is 3.98. The summed E-state index contributed by atoms with van der Waals surface area (Å²) in [5, 5.41) is 0. The van der Waals surface area contributed by atoms with E-state index in [1.807, 2.05) is 6.07 Å². The molecule has 0 N–H and O–H groups in total. The lowest BCUT2D eigenvalue weighted by atomic mass is 10.0. The number of esters is 1. The summed E-state index contributed by atoms with van der Waals surface area (Å²) in [6.07, 6.45) is 0.330. The van der Waals surface area contributed by atoms with Gasteiger partial charge in [-0.2, -0.15) is 0 Å². The maximum Gasteiger partial charge on any atom is 0.356 e. The second-order valence-electron chi connectivity index (χ2n) is 8.00. The van der Waals surface area contributed by atoms with E-state index in [1.54, 1.807) is 43.3 Å².